The van der Waals surface area contributed by atoms with Crippen LogP contribution in [0.15, 0.2) is 59.6 Å². The molecule has 1 amide bonds. The fraction of sp³-hybridized carbons (Fsp3) is 0.211. The molecule has 0 atom stereocenters. The van der Waals surface area contributed by atoms with Gasteiger partial charge in [0.1, 0.15) is 10.5 Å². The molecule has 128 valence electrons. The molecule has 1 heterocycles. The highest BCUT2D eigenvalue weighted by molar-refractivity contribution is 8.13. The summed E-state index contributed by atoms with van der Waals surface area (Å²) in [6, 6.07) is 17.0. The summed E-state index contributed by atoms with van der Waals surface area (Å²) >= 11 is 6.88. The average Bonchev–Trinajstić information content (AvgIpc) is 2.87. The summed E-state index contributed by atoms with van der Waals surface area (Å²) in [5, 5.41) is 6.97. The summed E-state index contributed by atoms with van der Waals surface area (Å²) in [7, 11) is 0. The lowest BCUT2D eigenvalue weighted by Crippen LogP contribution is -2.32. The van der Waals surface area contributed by atoms with Gasteiger partial charge in [0.2, 0.25) is 0 Å². The van der Waals surface area contributed by atoms with Gasteiger partial charge in [0, 0.05) is 17.0 Å². The van der Waals surface area contributed by atoms with Crippen molar-refractivity contribution in [1.82, 2.24) is 5.32 Å². The standard InChI is InChI=1S/C19H19N3OS2/c1-19(2)17(24)21-18(22-19)25-12-14-10-6-7-11-15(14)20-16(23)13-8-4-3-5-9-13/h3-11H,12H2,1-2H3,(H,20,23)(H,21,22,24). The molecule has 0 saturated carbocycles. The predicted octanol–water partition coefficient (Wildman–Crippen LogP) is 4.24. The van der Waals surface area contributed by atoms with E-state index in [4.69, 9.17) is 12.2 Å². The van der Waals surface area contributed by atoms with Crippen LogP contribution in [0, 0.1) is 0 Å². The molecule has 6 heteroatoms. The average molecular weight is 370 g/mol. The van der Waals surface area contributed by atoms with Crippen molar-refractivity contribution in [2.75, 3.05) is 5.32 Å². The van der Waals surface area contributed by atoms with E-state index in [1.54, 1.807) is 23.9 Å². The number of para-hydroxylation sites is 1. The Morgan fingerprint density at radius 3 is 2.52 bits per heavy atom. The molecule has 2 aromatic rings. The van der Waals surface area contributed by atoms with Crippen LogP contribution in [0.3, 0.4) is 0 Å². The molecule has 3 rings (SSSR count). The molecule has 1 aliphatic heterocycles. The lowest BCUT2D eigenvalue weighted by Gasteiger charge is -2.11. The normalized spacial score (nSPS) is 15.4. The van der Waals surface area contributed by atoms with Crippen LogP contribution in [0.25, 0.3) is 0 Å². The lowest BCUT2D eigenvalue weighted by atomic mass is 10.1. The van der Waals surface area contributed by atoms with Gasteiger partial charge in [0.05, 0.1) is 0 Å². The summed E-state index contributed by atoms with van der Waals surface area (Å²) < 4.78 is 0. The van der Waals surface area contributed by atoms with Gasteiger partial charge in [0.15, 0.2) is 5.17 Å². The Kier molecular flexibility index (Phi) is 5.20. The van der Waals surface area contributed by atoms with E-state index in [1.807, 2.05) is 56.3 Å². The first-order valence-electron chi connectivity index (χ1n) is 7.94. The smallest absolute Gasteiger partial charge is 0.255 e. The zero-order valence-electron chi connectivity index (χ0n) is 14.1. The number of anilines is 1. The number of amides is 1. The first-order valence-corrected chi connectivity index (χ1v) is 9.33. The molecular weight excluding hydrogens is 350 g/mol. The van der Waals surface area contributed by atoms with Crippen molar-refractivity contribution in [2.24, 2.45) is 4.99 Å². The molecule has 0 fully saturated rings. The molecular formula is C19H19N3OS2. The number of thioether (sulfide) groups is 1. The third-order valence-electron chi connectivity index (χ3n) is 3.82. The number of aliphatic imine (C=N–C) groups is 1. The molecule has 0 spiro atoms. The lowest BCUT2D eigenvalue weighted by molar-refractivity contribution is 0.102. The molecule has 2 aromatic carbocycles. The van der Waals surface area contributed by atoms with Crippen molar-refractivity contribution in [3.8, 4) is 0 Å². The molecule has 25 heavy (non-hydrogen) atoms. The summed E-state index contributed by atoms with van der Waals surface area (Å²) in [5.41, 5.74) is 2.14. The molecule has 0 aromatic heterocycles. The SMILES string of the molecule is CC1(C)N=C(SCc2ccccc2NC(=O)c2ccccc2)NC1=S. The van der Waals surface area contributed by atoms with Crippen molar-refractivity contribution in [1.29, 1.82) is 0 Å². The van der Waals surface area contributed by atoms with Gasteiger partial charge in [-0.05, 0) is 37.6 Å². The van der Waals surface area contributed by atoms with Gasteiger partial charge in [0.25, 0.3) is 5.91 Å². The van der Waals surface area contributed by atoms with Crippen LogP contribution < -0.4 is 10.6 Å². The Morgan fingerprint density at radius 2 is 1.84 bits per heavy atom. The summed E-state index contributed by atoms with van der Waals surface area (Å²) in [4.78, 5) is 17.7. The Balaban J connectivity index is 1.70. The second-order valence-electron chi connectivity index (χ2n) is 6.20. The van der Waals surface area contributed by atoms with E-state index in [0.29, 0.717) is 11.3 Å². The van der Waals surface area contributed by atoms with Crippen LogP contribution in [0.5, 0.6) is 0 Å². The molecule has 0 unspecified atom stereocenters. The van der Waals surface area contributed by atoms with E-state index < -0.39 is 0 Å². The van der Waals surface area contributed by atoms with Crippen molar-refractivity contribution in [3.05, 3.63) is 65.7 Å². The minimum atomic E-state index is -0.349. The highest BCUT2D eigenvalue weighted by Crippen LogP contribution is 2.26. The first-order chi connectivity index (χ1) is 12.0. The second-order valence-corrected chi connectivity index (χ2v) is 7.57. The van der Waals surface area contributed by atoms with Crippen molar-refractivity contribution < 1.29 is 4.79 Å². The van der Waals surface area contributed by atoms with Crippen LogP contribution in [-0.4, -0.2) is 21.6 Å². The van der Waals surface area contributed by atoms with Gasteiger partial charge < -0.3 is 10.6 Å². The van der Waals surface area contributed by atoms with Crippen LogP contribution in [-0.2, 0) is 5.75 Å². The molecule has 4 nitrogen and oxygen atoms in total. The van der Waals surface area contributed by atoms with Crippen LogP contribution in [0.4, 0.5) is 5.69 Å². The van der Waals surface area contributed by atoms with E-state index in [0.717, 1.165) is 21.4 Å². The molecule has 0 radical (unpaired) electrons. The van der Waals surface area contributed by atoms with Crippen molar-refractivity contribution in [2.45, 2.75) is 25.1 Å². The zero-order valence-corrected chi connectivity index (χ0v) is 15.7. The minimum absolute atomic E-state index is 0.114. The number of nitrogens with zero attached hydrogens (tertiary/aromatic N) is 1. The largest absolute Gasteiger partial charge is 0.327 e. The third-order valence-corrected chi connectivity index (χ3v) is 5.35. The van der Waals surface area contributed by atoms with E-state index >= 15 is 0 Å². The minimum Gasteiger partial charge on any atom is -0.327 e. The van der Waals surface area contributed by atoms with E-state index in [2.05, 4.69) is 15.6 Å². The number of benzene rings is 2. The maximum absolute atomic E-state index is 12.4. The van der Waals surface area contributed by atoms with Gasteiger partial charge in [-0.2, -0.15) is 0 Å². The monoisotopic (exact) mass is 369 g/mol. The Bertz CT molecular complexity index is 832. The van der Waals surface area contributed by atoms with Crippen LogP contribution >= 0.6 is 24.0 Å². The summed E-state index contributed by atoms with van der Waals surface area (Å²) in [6.45, 7) is 3.98. The van der Waals surface area contributed by atoms with Gasteiger partial charge in [-0.3, -0.25) is 4.79 Å². The van der Waals surface area contributed by atoms with Gasteiger partial charge >= 0.3 is 0 Å². The van der Waals surface area contributed by atoms with E-state index in [-0.39, 0.29) is 11.4 Å². The number of hydrogen-bond acceptors (Lipinski definition) is 4. The topological polar surface area (TPSA) is 53.5 Å². The Morgan fingerprint density at radius 1 is 1.16 bits per heavy atom. The summed E-state index contributed by atoms with van der Waals surface area (Å²) in [5.74, 6) is 0.576. The quantitative estimate of drug-likeness (QED) is 0.792. The maximum Gasteiger partial charge on any atom is 0.255 e. The molecule has 0 aliphatic carbocycles. The Hall–Kier alpha value is -2.18. The molecule has 2 N–H and O–H groups in total. The zero-order chi connectivity index (χ0) is 17.9. The summed E-state index contributed by atoms with van der Waals surface area (Å²) in [6.07, 6.45) is 0. The van der Waals surface area contributed by atoms with Gasteiger partial charge in [-0.1, -0.05) is 60.4 Å². The van der Waals surface area contributed by atoms with Crippen molar-refractivity contribution >= 4 is 45.7 Å². The highest BCUT2D eigenvalue weighted by atomic mass is 32.2. The molecule has 0 saturated heterocycles. The number of amidine groups is 1. The number of nitrogens with one attached hydrogen (secondary N) is 2. The van der Waals surface area contributed by atoms with E-state index in [9.17, 15) is 4.79 Å². The van der Waals surface area contributed by atoms with Crippen molar-refractivity contribution in [3.63, 3.8) is 0 Å². The first kappa shape index (κ1) is 17.6. The fourth-order valence-electron chi connectivity index (χ4n) is 2.35. The third kappa shape index (κ3) is 4.27. The molecule has 1 aliphatic rings. The van der Waals surface area contributed by atoms with E-state index in [1.165, 1.54) is 0 Å². The van der Waals surface area contributed by atoms with Crippen LogP contribution in [0.2, 0.25) is 0 Å². The number of carbonyl (C=O) groups is 1. The van der Waals surface area contributed by atoms with Gasteiger partial charge in [-0.15, -0.1) is 0 Å². The molecule has 0 bridgehead atoms. The Labute approximate surface area is 157 Å². The number of rotatable bonds is 4. The van der Waals surface area contributed by atoms with Gasteiger partial charge in [-0.25, -0.2) is 4.99 Å². The maximum atomic E-state index is 12.4. The number of thiocarbonyl (C=S) groups is 1. The fourth-order valence-corrected chi connectivity index (χ4v) is 3.57. The number of hydrogen-bond donors (Lipinski definition) is 2. The highest BCUT2D eigenvalue weighted by Gasteiger charge is 2.30. The predicted molar refractivity (Wildman–Crippen MR) is 109 cm³/mol. The van der Waals surface area contributed by atoms with Crippen LogP contribution in [0.1, 0.15) is 29.8 Å². The second kappa shape index (κ2) is 7.37. The number of carbonyl (C=O) groups excluding carboxylic acids is 1.